The Balaban J connectivity index is 1.92. The van der Waals surface area contributed by atoms with E-state index in [9.17, 15) is 4.79 Å². The van der Waals surface area contributed by atoms with Crippen LogP contribution in [0.4, 0.5) is 10.9 Å². The molecule has 0 aliphatic heterocycles. The van der Waals surface area contributed by atoms with Gasteiger partial charge in [0.15, 0.2) is 16.6 Å². The number of aryl methyl sites for hydroxylation is 1. The van der Waals surface area contributed by atoms with Gasteiger partial charge < -0.3 is 11.1 Å². The maximum absolute atomic E-state index is 11.5. The van der Waals surface area contributed by atoms with Crippen LogP contribution in [0.1, 0.15) is 12.8 Å². The van der Waals surface area contributed by atoms with Gasteiger partial charge in [0.25, 0.3) is 0 Å². The molecule has 1 fully saturated rings. The zero-order valence-electron chi connectivity index (χ0n) is 8.73. The second-order valence-corrected chi connectivity index (χ2v) is 4.94. The van der Waals surface area contributed by atoms with Crippen LogP contribution in [0.3, 0.4) is 0 Å². The van der Waals surface area contributed by atoms with Crippen LogP contribution in [0.2, 0.25) is 0 Å². The van der Waals surface area contributed by atoms with E-state index >= 15 is 0 Å². The molecule has 1 aliphatic carbocycles. The van der Waals surface area contributed by atoms with Gasteiger partial charge in [-0.3, -0.25) is 4.79 Å². The Morgan fingerprint density at radius 1 is 1.62 bits per heavy atom. The van der Waals surface area contributed by atoms with Crippen LogP contribution in [-0.4, -0.2) is 20.7 Å². The number of anilines is 2. The van der Waals surface area contributed by atoms with Crippen molar-refractivity contribution in [3.05, 3.63) is 0 Å². The molecule has 0 aromatic carbocycles. The molecule has 7 heteroatoms. The minimum Gasteiger partial charge on any atom is -0.381 e. The van der Waals surface area contributed by atoms with Gasteiger partial charge in [0.1, 0.15) is 4.70 Å². The first-order valence-electron chi connectivity index (χ1n) is 5.05. The highest BCUT2D eigenvalue weighted by atomic mass is 32.1. The molecule has 2 aromatic rings. The Labute approximate surface area is 95.5 Å². The molecule has 0 bridgehead atoms. The largest absolute Gasteiger partial charge is 0.381 e. The predicted molar refractivity (Wildman–Crippen MR) is 62.2 cm³/mol. The van der Waals surface area contributed by atoms with Gasteiger partial charge in [0, 0.05) is 13.0 Å². The van der Waals surface area contributed by atoms with Crippen LogP contribution in [0.25, 0.3) is 10.3 Å². The van der Waals surface area contributed by atoms with E-state index in [1.807, 2.05) is 0 Å². The highest BCUT2D eigenvalue weighted by Gasteiger charge is 2.30. The van der Waals surface area contributed by atoms with Crippen LogP contribution in [0.15, 0.2) is 0 Å². The fourth-order valence-corrected chi connectivity index (χ4v) is 2.45. The number of carbonyl (C=O) groups excluding carboxylic acids is 1. The van der Waals surface area contributed by atoms with Crippen LogP contribution in [0, 0.1) is 5.92 Å². The lowest BCUT2D eigenvalue weighted by Crippen LogP contribution is -2.13. The Hall–Kier alpha value is -1.63. The van der Waals surface area contributed by atoms with Crippen molar-refractivity contribution in [1.82, 2.24) is 14.8 Å². The topological polar surface area (TPSA) is 85.8 Å². The summed E-state index contributed by atoms with van der Waals surface area (Å²) in [6.45, 7) is 0. The number of nitrogens with one attached hydrogen (secondary N) is 1. The Bertz CT molecular complexity index is 533. The van der Waals surface area contributed by atoms with E-state index in [0.717, 1.165) is 17.5 Å². The predicted octanol–water partition coefficient (Wildman–Crippen LogP) is 0.960. The first-order chi connectivity index (χ1) is 7.65. The molecule has 3 rings (SSSR count). The first-order valence-corrected chi connectivity index (χ1v) is 5.86. The quantitative estimate of drug-likeness (QED) is 0.814. The van der Waals surface area contributed by atoms with E-state index in [-0.39, 0.29) is 11.8 Å². The molecule has 0 saturated heterocycles. The summed E-state index contributed by atoms with van der Waals surface area (Å²) >= 11 is 1.37. The number of aromatic nitrogens is 3. The lowest BCUT2D eigenvalue weighted by atomic mass is 10.4. The molecule has 1 aliphatic rings. The molecule has 1 amide bonds. The van der Waals surface area contributed by atoms with Crippen molar-refractivity contribution in [3.8, 4) is 0 Å². The lowest BCUT2D eigenvalue weighted by molar-refractivity contribution is -0.117. The molecule has 2 heterocycles. The monoisotopic (exact) mass is 237 g/mol. The molecule has 84 valence electrons. The van der Waals surface area contributed by atoms with Crippen molar-refractivity contribution in [2.24, 2.45) is 13.0 Å². The number of rotatable bonds is 2. The van der Waals surface area contributed by atoms with Crippen molar-refractivity contribution in [1.29, 1.82) is 0 Å². The van der Waals surface area contributed by atoms with Crippen LogP contribution >= 0.6 is 11.3 Å². The van der Waals surface area contributed by atoms with Gasteiger partial charge in [-0.15, -0.1) is 0 Å². The van der Waals surface area contributed by atoms with Gasteiger partial charge in [-0.1, -0.05) is 11.3 Å². The summed E-state index contributed by atoms with van der Waals surface area (Å²) in [7, 11) is 1.78. The number of hydrogen-bond acceptors (Lipinski definition) is 5. The Kier molecular flexibility index (Phi) is 1.90. The number of hydrogen-bond donors (Lipinski definition) is 2. The average molecular weight is 237 g/mol. The standard InChI is InChI=1S/C9H11N5OS/c1-14-7-5(6(10)13-14)16-9(11-7)12-8(15)4-2-3-4/h4H,2-3H2,1H3,(H2,10,13)(H,11,12,15). The van der Waals surface area contributed by atoms with Crippen molar-refractivity contribution < 1.29 is 4.79 Å². The maximum Gasteiger partial charge on any atom is 0.229 e. The minimum atomic E-state index is 0.0607. The van der Waals surface area contributed by atoms with Gasteiger partial charge in [0.2, 0.25) is 5.91 Å². The molecule has 16 heavy (non-hydrogen) atoms. The molecule has 0 unspecified atom stereocenters. The summed E-state index contributed by atoms with van der Waals surface area (Å²) in [5.74, 6) is 0.704. The van der Waals surface area contributed by atoms with Crippen molar-refractivity contribution in [3.63, 3.8) is 0 Å². The molecule has 6 nitrogen and oxygen atoms in total. The fourth-order valence-electron chi connectivity index (χ4n) is 1.56. The van der Waals surface area contributed by atoms with Crippen molar-refractivity contribution in [2.45, 2.75) is 12.8 Å². The van der Waals surface area contributed by atoms with Crippen molar-refractivity contribution >= 4 is 38.5 Å². The Morgan fingerprint density at radius 3 is 3.00 bits per heavy atom. The zero-order chi connectivity index (χ0) is 11.3. The van der Waals surface area contributed by atoms with E-state index in [0.29, 0.717) is 16.6 Å². The van der Waals surface area contributed by atoms with Gasteiger partial charge in [-0.2, -0.15) is 10.1 Å². The highest BCUT2D eigenvalue weighted by molar-refractivity contribution is 7.22. The second kappa shape index (κ2) is 3.18. The fraction of sp³-hybridized carbons (Fsp3) is 0.444. The minimum absolute atomic E-state index is 0.0607. The number of carbonyl (C=O) groups is 1. The van der Waals surface area contributed by atoms with Crippen LogP contribution < -0.4 is 11.1 Å². The maximum atomic E-state index is 11.5. The third-order valence-corrected chi connectivity index (χ3v) is 3.57. The molecule has 0 spiro atoms. The molecule has 3 N–H and O–H groups in total. The summed E-state index contributed by atoms with van der Waals surface area (Å²) in [4.78, 5) is 15.8. The summed E-state index contributed by atoms with van der Waals surface area (Å²) in [6, 6.07) is 0. The number of amides is 1. The van der Waals surface area contributed by atoms with E-state index in [4.69, 9.17) is 5.73 Å². The van der Waals surface area contributed by atoms with Crippen molar-refractivity contribution in [2.75, 3.05) is 11.1 Å². The van der Waals surface area contributed by atoms with Gasteiger partial charge in [-0.25, -0.2) is 4.68 Å². The third kappa shape index (κ3) is 1.44. The number of thiazole rings is 1. The normalized spacial score (nSPS) is 15.6. The lowest BCUT2D eigenvalue weighted by Gasteiger charge is -1.97. The van der Waals surface area contributed by atoms with Gasteiger partial charge >= 0.3 is 0 Å². The number of nitrogen functional groups attached to an aromatic ring is 1. The van der Waals surface area contributed by atoms with Crippen LogP contribution in [-0.2, 0) is 11.8 Å². The summed E-state index contributed by atoms with van der Waals surface area (Å²) in [5, 5.41) is 7.46. The summed E-state index contributed by atoms with van der Waals surface area (Å²) in [5.41, 5.74) is 6.44. The molecule has 0 radical (unpaired) electrons. The second-order valence-electron chi connectivity index (χ2n) is 3.94. The average Bonchev–Trinajstić information content (AvgIpc) is 2.94. The number of fused-ring (bicyclic) bond motifs is 1. The molecular formula is C9H11N5OS. The zero-order valence-corrected chi connectivity index (χ0v) is 9.54. The molecular weight excluding hydrogens is 226 g/mol. The first kappa shape index (κ1) is 9.59. The van der Waals surface area contributed by atoms with E-state index in [2.05, 4.69) is 15.4 Å². The molecule has 0 atom stereocenters. The van der Waals surface area contributed by atoms with E-state index in [1.165, 1.54) is 11.3 Å². The van der Waals surface area contributed by atoms with Gasteiger partial charge in [-0.05, 0) is 12.8 Å². The number of nitrogens with zero attached hydrogens (tertiary/aromatic N) is 3. The Morgan fingerprint density at radius 2 is 2.38 bits per heavy atom. The molecule has 1 saturated carbocycles. The summed E-state index contributed by atoms with van der Waals surface area (Å²) in [6.07, 6.45) is 1.97. The molecule has 2 aromatic heterocycles. The summed E-state index contributed by atoms with van der Waals surface area (Å²) < 4.78 is 2.45. The highest BCUT2D eigenvalue weighted by Crippen LogP contribution is 2.33. The van der Waals surface area contributed by atoms with E-state index < -0.39 is 0 Å². The SMILES string of the molecule is Cn1nc(N)c2sc(NC(=O)C3CC3)nc21. The van der Waals surface area contributed by atoms with Crippen LogP contribution in [0.5, 0.6) is 0 Å². The third-order valence-electron chi connectivity index (χ3n) is 2.58. The van der Waals surface area contributed by atoms with Gasteiger partial charge in [0.05, 0.1) is 0 Å². The smallest absolute Gasteiger partial charge is 0.229 e. The van der Waals surface area contributed by atoms with E-state index in [1.54, 1.807) is 11.7 Å². The number of nitrogens with two attached hydrogens (primary N) is 1.